The van der Waals surface area contributed by atoms with Gasteiger partial charge in [0.05, 0.1) is 5.56 Å². The first kappa shape index (κ1) is 17.1. The molecule has 4 nitrogen and oxygen atoms in total. The maximum absolute atomic E-state index is 12.7. The number of halogens is 1. The van der Waals surface area contributed by atoms with E-state index in [1.807, 2.05) is 47.1 Å². The summed E-state index contributed by atoms with van der Waals surface area (Å²) in [5.74, 6) is 0.585. The number of carbonyl (C=O) groups excluding carboxylic acids is 1. The topological polar surface area (TPSA) is 46.4 Å². The zero-order chi connectivity index (χ0) is 17.9. The molecule has 0 saturated heterocycles. The minimum atomic E-state index is -0.0265. The number of nitrogens with one attached hydrogen (secondary N) is 1. The number of imidazole rings is 1. The molecule has 1 aliphatic carbocycles. The van der Waals surface area contributed by atoms with Crippen LogP contribution in [0.25, 0.3) is 16.8 Å². The minimum absolute atomic E-state index is 0.0265. The SMILES string of the molecule is O=C(NCC1CCCCC1)c1cc(-c2ccc(Cl)cc2)c2nccn2c1. The molecule has 0 aliphatic heterocycles. The van der Waals surface area contributed by atoms with Crippen LogP contribution in [-0.4, -0.2) is 21.8 Å². The highest BCUT2D eigenvalue weighted by molar-refractivity contribution is 6.30. The van der Waals surface area contributed by atoms with Gasteiger partial charge in [-0.05, 0) is 42.5 Å². The monoisotopic (exact) mass is 367 g/mol. The van der Waals surface area contributed by atoms with Crippen molar-refractivity contribution in [2.75, 3.05) is 6.54 Å². The Morgan fingerprint density at radius 1 is 1.19 bits per heavy atom. The van der Waals surface area contributed by atoms with E-state index >= 15 is 0 Å². The Labute approximate surface area is 158 Å². The molecule has 1 saturated carbocycles. The number of benzene rings is 1. The standard InChI is InChI=1S/C21H22ClN3O/c22-18-8-6-16(7-9-18)19-12-17(14-25-11-10-23-20(19)25)21(26)24-13-15-4-2-1-3-5-15/h6-12,14-15H,1-5,13H2,(H,24,26). The summed E-state index contributed by atoms with van der Waals surface area (Å²) in [4.78, 5) is 17.2. The zero-order valence-corrected chi connectivity index (χ0v) is 15.4. The van der Waals surface area contributed by atoms with E-state index in [2.05, 4.69) is 10.3 Å². The van der Waals surface area contributed by atoms with Gasteiger partial charge in [-0.15, -0.1) is 0 Å². The average molecular weight is 368 g/mol. The van der Waals surface area contributed by atoms with Gasteiger partial charge in [0.2, 0.25) is 0 Å². The summed E-state index contributed by atoms with van der Waals surface area (Å²) in [6.07, 6.45) is 11.8. The Morgan fingerprint density at radius 2 is 1.96 bits per heavy atom. The number of fused-ring (bicyclic) bond motifs is 1. The molecule has 1 fully saturated rings. The number of aromatic nitrogens is 2. The number of pyridine rings is 1. The van der Waals surface area contributed by atoms with E-state index in [-0.39, 0.29) is 5.91 Å². The van der Waals surface area contributed by atoms with Crippen LogP contribution in [0.1, 0.15) is 42.5 Å². The lowest BCUT2D eigenvalue weighted by molar-refractivity contribution is 0.0943. The van der Waals surface area contributed by atoms with Crippen LogP contribution >= 0.6 is 11.6 Å². The predicted molar refractivity (Wildman–Crippen MR) is 105 cm³/mol. The lowest BCUT2D eigenvalue weighted by atomic mass is 9.89. The fourth-order valence-corrected chi connectivity index (χ4v) is 3.86. The van der Waals surface area contributed by atoms with Gasteiger partial charge in [0, 0.05) is 35.7 Å². The molecular weight excluding hydrogens is 346 g/mol. The highest BCUT2D eigenvalue weighted by atomic mass is 35.5. The Balaban J connectivity index is 1.60. The molecule has 26 heavy (non-hydrogen) atoms. The summed E-state index contributed by atoms with van der Waals surface area (Å²) in [5.41, 5.74) is 3.40. The van der Waals surface area contributed by atoms with Crippen molar-refractivity contribution in [3.63, 3.8) is 0 Å². The van der Waals surface area contributed by atoms with Gasteiger partial charge in [-0.2, -0.15) is 0 Å². The van der Waals surface area contributed by atoms with Crippen molar-refractivity contribution in [1.29, 1.82) is 0 Å². The molecule has 1 aliphatic rings. The van der Waals surface area contributed by atoms with Crippen LogP contribution in [0.3, 0.4) is 0 Å². The lowest BCUT2D eigenvalue weighted by Crippen LogP contribution is -2.30. The second-order valence-corrected chi connectivity index (χ2v) is 7.46. The van der Waals surface area contributed by atoms with Crippen molar-refractivity contribution >= 4 is 23.2 Å². The molecule has 3 aromatic rings. The van der Waals surface area contributed by atoms with Gasteiger partial charge in [-0.25, -0.2) is 4.98 Å². The van der Waals surface area contributed by atoms with E-state index in [9.17, 15) is 4.79 Å². The number of hydrogen-bond acceptors (Lipinski definition) is 2. The molecule has 134 valence electrons. The second-order valence-electron chi connectivity index (χ2n) is 7.02. The normalized spacial score (nSPS) is 15.3. The van der Waals surface area contributed by atoms with Crippen LogP contribution < -0.4 is 5.32 Å². The number of amides is 1. The van der Waals surface area contributed by atoms with Gasteiger partial charge >= 0.3 is 0 Å². The lowest BCUT2D eigenvalue weighted by Gasteiger charge is -2.21. The zero-order valence-electron chi connectivity index (χ0n) is 14.6. The van der Waals surface area contributed by atoms with E-state index in [0.29, 0.717) is 16.5 Å². The first-order chi connectivity index (χ1) is 12.7. The fourth-order valence-electron chi connectivity index (χ4n) is 3.73. The van der Waals surface area contributed by atoms with Crippen LogP contribution in [0.5, 0.6) is 0 Å². The Kier molecular flexibility index (Phi) is 4.93. The third-order valence-corrected chi connectivity index (χ3v) is 5.43. The van der Waals surface area contributed by atoms with Crippen molar-refractivity contribution in [3.8, 4) is 11.1 Å². The van der Waals surface area contributed by atoms with Gasteiger partial charge in [0.25, 0.3) is 5.91 Å². The summed E-state index contributed by atoms with van der Waals surface area (Å²) in [6.45, 7) is 0.761. The molecular formula is C21H22ClN3O. The highest BCUT2D eigenvalue weighted by Gasteiger charge is 2.16. The van der Waals surface area contributed by atoms with Gasteiger partial charge < -0.3 is 9.72 Å². The van der Waals surface area contributed by atoms with Gasteiger partial charge in [0.1, 0.15) is 5.65 Å². The van der Waals surface area contributed by atoms with E-state index in [0.717, 1.165) is 23.3 Å². The number of hydrogen-bond donors (Lipinski definition) is 1. The van der Waals surface area contributed by atoms with Crippen LogP contribution in [0.15, 0.2) is 48.9 Å². The van der Waals surface area contributed by atoms with Crippen LogP contribution in [0, 0.1) is 5.92 Å². The maximum Gasteiger partial charge on any atom is 0.252 e. The first-order valence-corrected chi connectivity index (χ1v) is 9.59. The van der Waals surface area contributed by atoms with Crippen LogP contribution in [0.2, 0.25) is 5.02 Å². The molecule has 0 radical (unpaired) electrons. The third-order valence-electron chi connectivity index (χ3n) is 5.18. The quantitative estimate of drug-likeness (QED) is 0.708. The summed E-state index contributed by atoms with van der Waals surface area (Å²) < 4.78 is 1.90. The molecule has 2 heterocycles. The van der Waals surface area contributed by atoms with Gasteiger partial charge in [-0.1, -0.05) is 43.0 Å². The van der Waals surface area contributed by atoms with E-state index in [1.54, 1.807) is 6.20 Å². The molecule has 0 bridgehead atoms. The van der Waals surface area contributed by atoms with E-state index < -0.39 is 0 Å². The molecule has 2 aromatic heterocycles. The Morgan fingerprint density at radius 3 is 2.73 bits per heavy atom. The molecule has 1 amide bonds. The number of nitrogens with zero attached hydrogens (tertiary/aromatic N) is 2. The largest absolute Gasteiger partial charge is 0.352 e. The predicted octanol–water partition coefficient (Wildman–Crippen LogP) is 4.96. The summed E-state index contributed by atoms with van der Waals surface area (Å²) in [7, 11) is 0. The Hall–Kier alpha value is -2.33. The van der Waals surface area contributed by atoms with Gasteiger partial charge in [0.15, 0.2) is 0 Å². The first-order valence-electron chi connectivity index (χ1n) is 9.21. The van der Waals surface area contributed by atoms with E-state index in [4.69, 9.17) is 11.6 Å². The van der Waals surface area contributed by atoms with Gasteiger partial charge in [-0.3, -0.25) is 4.79 Å². The third kappa shape index (κ3) is 3.61. The average Bonchev–Trinajstić information content (AvgIpc) is 3.15. The molecule has 0 spiro atoms. The Bertz CT molecular complexity index is 911. The maximum atomic E-state index is 12.7. The second kappa shape index (κ2) is 7.50. The molecule has 1 N–H and O–H groups in total. The minimum Gasteiger partial charge on any atom is -0.352 e. The van der Waals surface area contributed by atoms with Crippen LogP contribution in [-0.2, 0) is 0 Å². The molecule has 0 unspecified atom stereocenters. The molecule has 5 heteroatoms. The number of carbonyl (C=O) groups is 1. The van der Waals surface area contributed by atoms with Crippen LogP contribution in [0.4, 0.5) is 0 Å². The highest BCUT2D eigenvalue weighted by Crippen LogP contribution is 2.27. The fraction of sp³-hybridized carbons (Fsp3) is 0.333. The summed E-state index contributed by atoms with van der Waals surface area (Å²) in [6, 6.07) is 9.53. The van der Waals surface area contributed by atoms with Crippen molar-refractivity contribution < 1.29 is 4.79 Å². The molecule has 4 rings (SSSR count). The summed E-state index contributed by atoms with van der Waals surface area (Å²) in [5, 5.41) is 3.81. The van der Waals surface area contributed by atoms with Crippen molar-refractivity contribution in [1.82, 2.24) is 14.7 Å². The van der Waals surface area contributed by atoms with Crippen molar-refractivity contribution in [3.05, 3.63) is 59.5 Å². The molecule has 0 atom stereocenters. The molecule has 1 aromatic carbocycles. The van der Waals surface area contributed by atoms with Crippen molar-refractivity contribution in [2.45, 2.75) is 32.1 Å². The van der Waals surface area contributed by atoms with E-state index in [1.165, 1.54) is 32.1 Å². The smallest absolute Gasteiger partial charge is 0.252 e. The summed E-state index contributed by atoms with van der Waals surface area (Å²) >= 11 is 6.01. The van der Waals surface area contributed by atoms with Crippen molar-refractivity contribution in [2.24, 2.45) is 5.92 Å². The number of rotatable bonds is 4.